The van der Waals surface area contributed by atoms with Gasteiger partial charge >= 0.3 is 0 Å². The van der Waals surface area contributed by atoms with E-state index in [2.05, 4.69) is 26.1 Å². The van der Waals surface area contributed by atoms with Crippen LogP contribution in [0.15, 0.2) is 48.5 Å². The van der Waals surface area contributed by atoms with E-state index in [9.17, 15) is 9.59 Å². The van der Waals surface area contributed by atoms with Crippen LogP contribution in [0.25, 0.3) is 0 Å². The molecule has 5 nitrogen and oxygen atoms in total. The van der Waals surface area contributed by atoms with Crippen molar-refractivity contribution in [3.63, 3.8) is 0 Å². The van der Waals surface area contributed by atoms with Crippen LogP contribution in [-0.2, 0) is 15.0 Å². The lowest BCUT2D eigenvalue weighted by Crippen LogP contribution is -2.31. The summed E-state index contributed by atoms with van der Waals surface area (Å²) in [5, 5.41) is 11.7. The van der Waals surface area contributed by atoms with Gasteiger partial charge in [-0.1, -0.05) is 32.9 Å². The summed E-state index contributed by atoms with van der Waals surface area (Å²) in [4.78, 5) is 25.7. The zero-order chi connectivity index (χ0) is 20.0. The van der Waals surface area contributed by atoms with E-state index in [-0.39, 0.29) is 30.2 Å². The number of nitrogens with zero attached hydrogens (tertiary/aromatic N) is 2. The molecule has 0 unspecified atom stereocenters. The van der Waals surface area contributed by atoms with Crippen LogP contribution in [0.1, 0.15) is 45.2 Å². The molecule has 2 amide bonds. The second-order valence-corrected chi connectivity index (χ2v) is 7.45. The summed E-state index contributed by atoms with van der Waals surface area (Å²) in [6, 6.07) is 16.6. The summed E-state index contributed by atoms with van der Waals surface area (Å²) in [5.41, 5.74) is 3.19. The van der Waals surface area contributed by atoms with Gasteiger partial charge in [0.25, 0.3) is 0 Å². The van der Waals surface area contributed by atoms with Gasteiger partial charge in [0.15, 0.2) is 0 Å². The first kappa shape index (κ1) is 20.2. The number of carbonyl (C=O) groups excluding carboxylic acids is 2. The molecular weight excluding hydrogens is 338 g/mol. The fourth-order valence-corrected chi connectivity index (χ4v) is 2.67. The van der Waals surface area contributed by atoms with Crippen LogP contribution in [0.5, 0.6) is 0 Å². The maximum absolute atomic E-state index is 12.3. The van der Waals surface area contributed by atoms with Gasteiger partial charge in [-0.3, -0.25) is 9.59 Å². The maximum atomic E-state index is 12.3. The van der Waals surface area contributed by atoms with Gasteiger partial charge in [0, 0.05) is 31.3 Å². The molecule has 0 aliphatic rings. The molecule has 1 N–H and O–H groups in total. The van der Waals surface area contributed by atoms with Gasteiger partial charge in [-0.05, 0) is 47.4 Å². The lowest BCUT2D eigenvalue weighted by molar-refractivity contribution is -0.117. The molecule has 5 heteroatoms. The number of amides is 2. The van der Waals surface area contributed by atoms with E-state index in [0.29, 0.717) is 11.3 Å². The van der Waals surface area contributed by atoms with Crippen LogP contribution in [0.2, 0.25) is 0 Å². The van der Waals surface area contributed by atoms with Crippen LogP contribution in [0.4, 0.5) is 11.4 Å². The minimum Gasteiger partial charge on any atom is -0.326 e. The van der Waals surface area contributed by atoms with Crippen LogP contribution in [0, 0.1) is 11.3 Å². The lowest BCUT2D eigenvalue weighted by atomic mass is 9.87. The molecule has 140 valence electrons. The topological polar surface area (TPSA) is 73.2 Å². The highest BCUT2D eigenvalue weighted by Gasteiger charge is 2.15. The van der Waals surface area contributed by atoms with E-state index in [1.807, 2.05) is 30.3 Å². The number of nitrogens with one attached hydrogen (secondary N) is 1. The van der Waals surface area contributed by atoms with Gasteiger partial charge in [0.05, 0.1) is 11.6 Å². The molecule has 0 heterocycles. The predicted octanol–water partition coefficient (Wildman–Crippen LogP) is 4.24. The van der Waals surface area contributed by atoms with Crippen molar-refractivity contribution < 1.29 is 9.59 Å². The van der Waals surface area contributed by atoms with Gasteiger partial charge < -0.3 is 10.2 Å². The summed E-state index contributed by atoms with van der Waals surface area (Å²) in [5.74, 6) is -0.305. The Labute approximate surface area is 160 Å². The highest BCUT2D eigenvalue weighted by atomic mass is 16.2. The number of anilines is 2. The fourth-order valence-electron chi connectivity index (χ4n) is 2.67. The molecule has 0 aromatic heterocycles. The van der Waals surface area contributed by atoms with Crippen LogP contribution < -0.4 is 10.2 Å². The van der Waals surface area contributed by atoms with Gasteiger partial charge in [-0.15, -0.1) is 0 Å². The van der Waals surface area contributed by atoms with Gasteiger partial charge in [0.2, 0.25) is 11.8 Å². The largest absolute Gasteiger partial charge is 0.326 e. The van der Waals surface area contributed by atoms with E-state index in [1.165, 1.54) is 17.4 Å². The first-order chi connectivity index (χ1) is 12.7. The molecule has 2 aromatic carbocycles. The molecule has 0 atom stereocenters. The Balaban J connectivity index is 1.97. The zero-order valence-electron chi connectivity index (χ0n) is 16.2. The summed E-state index contributed by atoms with van der Waals surface area (Å²) in [6.07, 6.45) is 0.181. The third-order valence-corrected chi connectivity index (χ3v) is 4.29. The first-order valence-corrected chi connectivity index (χ1v) is 8.89. The molecule has 0 saturated carbocycles. The maximum Gasteiger partial charge on any atom is 0.226 e. The molecule has 0 fully saturated rings. The number of rotatable bonds is 5. The molecule has 0 aliphatic heterocycles. The normalized spacial score (nSPS) is 10.8. The van der Waals surface area contributed by atoms with Crippen molar-refractivity contribution in [1.29, 1.82) is 5.26 Å². The summed E-state index contributed by atoms with van der Waals surface area (Å²) in [7, 11) is 0. The smallest absolute Gasteiger partial charge is 0.226 e. The third kappa shape index (κ3) is 5.68. The molecule has 2 aromatic rings. The van der Waals surface area contributed by atoms with E-state index in [0.717, 1.165) is 5.69 Å². The Morgan fingerprint density at radius 3 is 2.11 bits per heavy atom. The monoisotopic (exact) mass is 363 g/mol. The highest BCUT2D eigenvalue weighted by Crippen LogP contribution is 2.23. The highest BCUT2D eigenvalue weighted by molar-refractivity contribution is 5.94. The summed E-state index contributed by atoms with van der Waals surface area (Å²) >= 11 is 0. The van der Waals surface area contributed by atoms with Crippen molar-refractivity contribution in [2.75, 3.05) is 16.8 Å². The molecular formula is C22H25N3O2. The van der Waals surface area contributed by atoms with E-state index < -0.39 is 0 Å². The molecule has 2 rings (SSSR count). The molecule has 0 aliphatic carbocycles. The van der Waals surface area contributed by atoms with Crippen LogP contribution in [-0.4, -0.2) is 18.4 Å². The molecule has 0 radical (unpaired) electrons. The third-order valence-electron chi connectivity index (χ3n) is 4.29. The molecule has 27 heavy (non-hydrogen) atoms. The molecule has 0 saturated heterocycles. The van der Waals surface area contributed by atoms with Gasteiger partial charge in [-0.25, -0.2) is 0 Å². The summed E-state index contributed by atoms with van der Waals surface area (Å²) < 4.78 is 0. The van der Waals surface area contributed by atoms with Gasteiger partial charge in [-0.2, -0.15) is 5.26 Å². The van der Waals surface area contributed by atoms with Crippen molar-refractivity contribution in [3.8, 4) is 6.07 Å². The molecule has 0 spiro atoms. The van der Waals surface area contributed by atoms with Crippen molar-refractivity contribution in [1.82, 2.24) is 0 Å². The van der Waals surface area contributed by atoms with Crippen molar-refractivity contribution >= 4 is 23.2 Å². The fraction of sp³-hybridized carbons (Fsp3) is 0.318. The number of benzene rings is 2. The Morgan fingerprint density at radius 1 is 1.04 bits per heavy atom. The second kappa shape index (κ2) is 8.50. The summed E-state index contributed by atoms with van der Waals surface area (Å²) in [6.45, 7) is 8.15. The number of hydrogen-bond donors (Lipinski definition) is 1. The predicted molar refractivity (Wildman–Crippen MR) is 108 cm³/mol. The van der Waals surface area contributed by atoms with Crippen LogP contribution >= 0.6 is 0 Å². The van der Waals surface area contributed by atoms with Crippen molar-refractivity contribution in [2.24, 2.45) is 0 Å². The number of carbonyl (C=O) groups is 2. The molecule has 0 bridgehead atoms. The minimum absolute atomic E-state index is 0.0611. The Hall–Kier alpha value is -3.13. The second-order valence-electron chi connectivity index (χ2n) is 7.45. The van der Waals surface area contributed by atoms with Gasteiger partial charge in [0.1, 0.15) is 0 Å². The van der Waals surface area contributed by atoms with Crippen molar-refractivity contribution in [2.45, 2.75) is 39.5 Å². The zero-order valence-corrected chi connectivity index (χ0v) is 16.2. The Bertz CT molecular complexity index is 841. The van der Waals surface area contributed by atoms with E-state index in [1.54, 1.807) is 24.3 Å². The van der Waals surface area contributed by atoms with Crippen LogP contribution in [0.3, 0.4) is 0 Å². The number of hydrogen-bond acceptors (Lipinski definition) is 3. The standard InChI is InChI=1S/C22H25N3O2/c1-16(26)25(20-11-5-17(15-23)6-12-20)14-13-21(27)24-19-9-7-18(8-10-19)22(2,3)4/h5-12H,13-14H2,1-4H3,(H,24,27). The first-order valence-electron chi connectivity index (χ1n) is 8.89. The average molecular weight is 363 g/mol. The lowest BCUT2D eigenvalue weighted by Gasteiger charge is -2.21. The van der Waals surface area contributed by atoms with E-state index in [4.69, 9.17) is 5.26 Å². The quantitative estimate of drug-likeness (QED) is 0.863. The number of nitriles is 1. The van der Waals surface area contributed by atoms with E-state index >= 15 is 0 Å². The SMILES string of the molecule is CC(=O)N(CCC(=O)Nc1ccc(C(C)(C)C)cc1)c1ccc(C#N)cc1. The van der Waals surface area contributed by atoms with Crippen molar-refractivity contribution in [3.05, 3.63) is 59.7 Å². The Morgan fingerprint density at radius 2 is 1.63 bits per heavy atom. The Kier molecular flexibility index (Phi) is 6.36. The average Bonchev–Trinajstić information content (AvgIpc) is 2.62. The minimum atomic E-state index is -0.154.